The molecule has 2 rings (SSSR count). The quantitative estimate of drug-likeness (QED) is 0.666. The molecular formula is C15H18ClN3. The first-order chi connectivity index (χ1) is 9.11. The van der Waals surface area contributed by atoms with Crippen molar-refractivity contribution in [1.29, 1.82) is 0 Å². The van der Waals surface area contributed by atoms with Gasteiger partial charge in [0.15, 0.2) is 0 Å². The van der Waals surface area contributed by atoms with Gasteiger partial charge >= 0.3 is 0 Å². The average Bonchev–Trinajstić information content (AvgIpc) is 2.41. The highest BCUT2D eigenvalue weighted by Crippen LogP contribution is 2.23. The number of hydrogen-bond donors (Lipinski definition) is 2. The molecule has 0 amide bonds. The molecule has 3 N–H and O–H groups in total. The Hall–Kier alpha value is -1.42. The minimum Gasteiger partial charge on any atom is -0.271 e. The molecular weight excluding hydrogens is 258 g/mol. The number of aromatic nitrogens is 1. The van der Waals surface area contributed by atoms with Gasteiger partial charge in [0, 0.05) is 12.4 Å². The van der Waals surface area contributed by atoms with Gasteiger partial charge in [-0.1, -0.05) is 29.8 Å². The number of nitrogens with zero attached hydrogens (tertiary/aromatic N) is 1. The van der Waals surface area contributed by atoms with Gasteiger partial charge in [0.05, 0.1) is 11.1 Å². The lowest BCUT2D eigenvalue weighted by Gasteiger charge is -2.18. The van der Waals surface area contributed by atoms with Crippen LogP contribution in [0.1, 0.15) is 28.3 Å². The van der Waals surface area contributed by atoms with Crippen molar-refractivity contribution in [2.24, 2.45) is 5.84 Å². The van der Waals surface area contributed by atoms with E-state index < -0.39 is 0 Å². The van der Waals surface area contributed by atoms with E-state index in [9.17, 15) is 0 Å². The molecule has 1 atom stereocenters. The molecule has 0 radical (unpaired) electrons. The maximum Gasteiger partial charge on any atom is 0.0622 e. The zero-order valence-corrected chi connectivity index (χ0v) is 11.9. The smallest absolute Gasteiger partial charge is 0.0622 e. The molecule has 4 heteroatoms. The summed E-state index contributed by atoms with van der Waals surface area (Å²) < 4.78 is 0. The van der Waals surface area contributed by atoms with Crippen LogP contribution in [0.5, 0.6) is 0 Å². The van der Waals surface area contributed by atoms with Crippen LogP contribution in [0, 0.1) is 13.8 Å². The monoisotopic (exact) mass is 275 g/mol. The number of halogens is 1. The molecule has 0 spiro atoms. The highest BCUT2D eigenvalue weighted by molar-refractivity contribution is 6.31. The van der Waals surface area contributed by atoms with Gasteiger partial charge in [-0.2, -0.15) is 0 Å². The van der Waals surface area contributed by atoms with E-state index in [4.69, 9.17) is 17.4 Å². The Bertz CT molecular complexity index is 569. The van der Waals surface area contributed by atoms with E-state index in [1.807, 2.05) is 6.07 Å². The second-order valence-electron chi connectivity index (χ2n) is 4.73. The zero-order valence-electron chi connectivity index (χ0n) is 11.2. The molecule has 2 aromatic rings. The largest absolute Gasteiger partial charge is 0.271 e. The van der Waals surface area contributed by atoms with Crippen molar-refractivity contribution >= 4 is 11.6 Å². The molecule has 1 unspecified atom stereocenters. The number of aryl methyl sites for hydroxylation is 2. The minimum absolute atomic E-state index is 0.0409. The number of nitrogens with two attached hydrogens (primary N) is 1. The van der Waals surface area contributed by atoms with Crippen molar-refractivity contribution in [3.8, 4) is 0 Å². The van der Waals surface area contributed by atoms with E-state index in [1.165, 1.54) is 16.7 Å². The summed E-state index contributed by atoms with van der Waals surface area (Å²) in [6.45, 7) is 4.20. The molecule has 0 saturated carbocycles. The van der Waals surface area contributed by atoms with E-state index in [0.717, 1.165) is 12.0 Å². The number of rotatable bonds is 4. The molecule has 0 fully saturated rings. The van der Waals surface area contributed by atoms with E-state index >= 15 is 0 Å². The molecule has 0 bridgehead atoms. The van der Waals surface area contributed by atoms with Crippen molar-refractivity contribution in [2.75, 3.05) is 0 Å². The van der Waals surface area contributed by atoms with Crippen LogP contribution >= 0.6 is 11.6 Å². The Morgan fingerprint density at radius 2 is 2.05 bits per heavy atom. The summed E-state index contributed by atoms with van der Waals surface area (Å²) in [5.74, 6) is 5.68. The first-order valence-corrected chi connectivity index (χ1v) is 6.61. The predicted molar refractivity (Wildman–Crippen MR) is 78.9 cm³/mol. The Kier molecular flexibility index (Phi) is 4.53. The lowest BCUT2D eigenvalue weighted by molar-refractivity contribution is 0.551. The van der Waals surface area contributed by atoms with Gasteiger partial charge < -0.3 is 0 Å². The zero-order chi connectivity index (χ0) is 13.8. The molecule has 1 aromatic heterocycles. The summed E-state index contributed by atoms with van der Waals surface area (Å²) in [5.41, 5.74) is 7.61. The third kappa shape index (κ3) is 3.32. The van der Waals surface area contributed by atoms with Crippen molar-refractivity contribution in [2.45, 2.75) is 26.3 Å². The van der Waals surface area contributed by atoms with Gasteiger partial charge in [-0.25, -0.2) is 0 Å². The lowest BCUT2D eigenvalue weighted by atomic mass is 9.97. The molecule has 3 nitrogen and oxygen atoms in total. The van der Waals surface area contributed by atoms with Crippen molar-refractivity contribution in [3.05, 3.63) is 63.9 Å². The second kappa shape index (κ2) is 6.15. The number of pyridine rings is 1. The van der Waals surface area contributed by atoms with Crippen LogP contribution in [0.25, 0.3) is 0 Å². The third-order valence-electron chi connectivity index (χ3n) is 3.41. The number of nitrogens with one attached hydrogen (secondary N) is 1. The van der Waals surface area contributed by atoms with Gasteiger partial charge in [-0.05, 0) is 48.6 Å². The topological polar surface area (TPSA) is 50.9 Å². The highest BCUT2D eigenvalue weighted by atomic mass is 35.5. The molecule has 100 valence electrons. The average molecular weight is 276 g/mol. The molecule has 0 aliphatic heterocycles. The van der Waals surface area contributed by atoms with Crippen LogP contribution in [0.4, 0.5) is 0 Å². The Morgan fingerprint density at radius 1 is 1.26 bits per heavy atom. The highest BCUT2D eigenvalue weighted by Gasteiger charge is 2.13. The van der Waals surface area contributed by atoms with Crippen LogP contribution in [0.2, 0.25) is 5.02 Å². The van der Waals surface area contributed by atoms with Crippen LogP contribution in [0.3, 0.4) is 0 Å². The van der Waals surface area contributed by atoms with Gasteiger partial charge in [0.2, 0.25) is 0 Å². The Morgan fingerprint density at radius 3 is 2.68 bits per heavy atom. The molecule has 0 aliphatic carbocycles. The van der Waals surface area contributed by atoms with Gasteiger partial charge in [-0.3, -0.25) is 16.3 Å². The van der Waals surface area contributed by atoms with E-state index in [1.54, 1.807) is 12.4 Å². The molecule has 1 aromatic carbocycles. The predicted octanol–water partition coefficient (Wildman–Crippen LogP) is 3.10. The number of hydrogen-bond acceptors (Lipinski definition) is 3. The van der Waals surface area contributed by atoms with E-state index in [-0.39, 0.29) is 6.04 Å². The Balaban J connectivity index is 2.25. The maximum absolute atomic E-state index is 6.14. The van der Waals surface area contributed by atoms with Crippen molar-refractivity contribution in [3.63, 3.8) is 0 Å². The van der Waals surface area contributed by atoms with Crippen molar-refractivity contribution in [1.82, 2.24) is 10.4 Å². The molecule has 19 heavy (non-hydrogen) atoms. The van der Waals surface area contributed by atoms with Crippen LogP contribution in [-0.2, 0) is 6.42 Å². The van der Waals surface area contributed by atoms with Crippen LogP contribution < -0.4 is 11.3 Å². The molecule has 0 saturated heterocycles. The molecule has 0 aliphatic rings. The number of hydrazine groups is 1. The van der Waals surface area contributed by atoms with Gasteiger partial charge in [0.25, 0.3) is 0 Å². The fraction of sp³-hybridized carbons (Fsp3) is 0.267. The second-order valence-corrected chi connectivity index (χ2v) is 5.14. The fourth-order valence-electron chi connectivity index (χ4n) is 2.04. The third-order valence-corrected chi connectivity index (χ3v) is 3.76. The first kappa shape index (κ1) is 14.0. The molecule has 1 heterocycles. The summed E-state index contributed by atoms with van der Waals surface area (Å²) in [6.07, 6.45) is 4.14. The summed E-state index contributed by atoms with van der Waals surface area (Å²) in [5, 5.41) is 0.673. The SMILES string of the molecule is Cc1ccc(C(Cc2ccncc2Cl)NN)cc1C. The normalized spacial score (nSPS) is 12.4. The number of benzene rings is 1. The fourth-order valence-corrected chi connectivity index (χ4v) is 2.24. The van der Waals surface area contributed by atoms with E-state index in [2.05, 4.69) is 42.5 Å². The van der Waals surface area contributed by atoms with Crippen molar-refractivity contribution < 1.29 is 0 Å². The van der Waals surface area contributed by atoms with Crippen LogP contribution in [0.15, 0.2) is 36.7 Å². The summed E-state index contributed by atoms with van der Waals surface area (Å²) in [6, 6.07) is 8.34. The van der Waals surface area contributed by atoms with E-state index in [0.29, 0.717) is 5.02 Å². The maximum atomic E-state index is 6.14. The van der Waals surface area contributed by atoms with Crippen LogP contribution in [-0.4, -0.2) is 4.98 Å². The lowest BCUT2D eigenvalue weighted by Crippen LogP contribution is -2.29. The minimum atomic E-state index is 0.0409. The van der Waals surface area contributed by atoms with Gasteiger partial charge in [0.1, 0.15) is 0 Å². The van der Waals surface area contributed by atoms with Gasteiger partial charge in [-0.15, -0.1) is 0 Å². The summed E-state index contributed by atoms with van der Waals surface area (Å²) >= 11 is 6.14. The summed E-state index contributed by atoms with van der Waals surface area (Å²) in [7, 11) is 0. The summed E-state index contributed by atoms with van der Waals surface area (Å²) in [4.78, 5) is 3.99. The Labute approximate surface area is 118 Å². The standard InChI is InChI=1S/C15H18ClN3/c1-10-3-4-13(7-11(10)2)15(19-17)8-12-5-6-18-9-14(12)16/h3-7,9,15,19H,8,17H2,1-2H3. The first-order valence-electron chi connectivity index (χ1n) is 6.23.